The third-order valence-corrected chi connectivity index (χ3v) is 8.93. The number of hydrogen-bond donors (Lipinski definition) is 0. The van der Waals surface area contributed by atoms with Crippen molar-refractivity contribution in [2.75, 3.05) is 39.6 Å². The molecular weight excluding hydrogens is 344 g/mol. The number of rotatable bonds is 16. The van der Waals surface area contributed by atoms with Crippen LogP contribution in [-0.4, -0.2) is 57.3 Å². The van der Waals surface area contributed by atoms with Gasteiger partial charge in [-0.15, -0.1) is 0 Å². The van der Waals surface area contributed by atoms with Crippen molar-refractivity contribution in [3.8, 4) is 0 Å². The molecule has 0 amide bonds. The molecule has 0 aromatic heterocycles. The fourth-order valence-corrected chi connectivity index (χ4v) is 7.14. The smallest absolute Gasteiger partial charge is 0.374 e. The summed E-state index contributed by atoms with van der Waals surface area (Å²) in [4.78, 5) is 0. The molecule has 0 aromatic carbocycles. The van der Waals surface area contributed by atoms with Crippen molar-refractivity contribution in [2.45, 2.75) is 53.6 Å². The van der Waals surface area contributed by atoms with E-state index in [1.807, 2.05) is 53.7 Å². The zero-order chi connectivity index (χ0) is 18.3. The van der Waals surface area contributed by atoms with Gasteiger partial charge in [0.2, 0.25) is 0 Å². The van der Waals surface area contributed by atoms with Crippen molar-refractivity contribution in [3.63, 3.8) is 0 Å². The summed E-state index contributed by atoms with van der Waals surface area (Å²) < 4.78 is 35.1. The molecule has 0 atom stereocenters. The first kappa shape index (κ1) is 23.9. The zero-order valence-electron chi connectivity index (χ0n) is 16.3. The molecule has 0 aromatic rings. The topological polar surface area (TPSA) is 55.4 Å². The molecule has 0 spiro atoms. The number of allylic oxidation sites excluding steroid dienone is 2. The summed E-state index contributed by atoms with van der Waals surface area (Å²) in [5, 5.41) is 0. The monoisotopic (exact) mass is 380 g/mol. The Hall–Kier alpha value is -0.0662. The summed E-state index contributed by atoms with van der Waals surface area (Å²) in [6.45, 7) is 15.2. The van der Waals surface area contributed by atoms with Crippen LogP contribution >= 0.6 is 0 Å². The van der Waals surface area contributed by atoms with Crippen LogP contribution in [0.2, 0.25) is 12.1 Å². The van der Waals surface area contributed by atoms with Gasteiger partial charge in [0.1, 0.15) is 0 Å². The average molecular weight is 381 g/mol. The van der Waals surface area contributed by atoms with E-state index in [4.69, 9.17) is 26.6 Å². The molecule has 0 rings (SSSR count). The third kappa shape index (κ3) is 8.86. The second-order valence-corrected chi connectivity index (χ2v) is 10.1. The minimum atomic E-state index is -2.64. The molecule has 0 aliphatic rings. The lowest BCUT2D eigenvalue weighted by atomic mass is 10.6. The molecule has 0 aliphatic heterocycles. The van der Waals surface area contributed by atoms with Gasteiger partial charge in [0.05, 0.1) is 0 Å². The van der Waals surface area contributed by atoms with Gasteiger partial charge in [0.25, 0.3) is 0 Å². The van der Waals surface area contributed by atoms with Crippen LogP contribution in [0.15, 0.2) is 12.2 Å². The lowest BCUT2D eigenvalue weighted by molar-refractivity contribution is 0.0725. The normalized spacial score (nSPS) is 13.1. The third-order valence-electron chi connectivity index (χ3n) is 3.09. The maximum absolute atomic E-state index is 5.85. The molecule has 0 N–H and O–H groups in total. The van der Waals surface area contributed by atoms with Crippen LogP contribution in [0.3, 0.4) is 0 Å². The van der Waals surface area contributed by atoms with Crippen LogP contribution in [0.4, 0.5) is 0 Å². The van der Waals surface area contributed by atoms with Gasteiger partial charge in [0.15, 0.2) is 0 Å². The fourth-order valence-electron chi connectivity index (χ4n) is 2.38. The Morgan fingerprint density at radius 2 is 0.667 bits per heavy atom. The van der Waals surface area contributed by atoms with Gasteiger partial charge < -0.3 is 26.6 Å². The van der Waals surface area contributed by atoms with Crippen LogP contribution in [-0.2, 0) is 26.6 Å². The highest BCUT2D eigenvalue weighted by atomic mass is 28.4. The van der Waals surface area contributed by atoms with Crippen molar-refractivity contribution >= 4 is 17.6 Å². The summed E-state index contributed by atoms with van der Waals surface area (Å²) in [6, 6.07) is 1.27. The van der Waals surface area contributed by atoms with Gasteiger partial charge in [-0.1, -0.05) is 12.2 Å². The summed E-state index contributed by atoms with van der Waals surface area (Å²) in [5.74, 6) is 0. The molecule has 0 fully saturated rings. The maximum Gasteiger partial charge on any atom is 0.504 e. The minimum absolute atomic E-state index is 0.579. The number of hydrogen-bond acceptors (Lipinski definition) is 6. The molecule has 0 saturated carbocycles. The van der Waals surface area contributed by atoms with Gasteiger partial charge >= 0.3 is 17.6 Å². The highest BCUT2D eigenvalue weighted by molar-refractivity contribution is 6.62. The first-order chi connectivity index (χ1) is 11.6. The highest BCUT2D eigenvalue weighted by Crippen LogP contribution is 2.20. The van der Waals surface area contributed by atoms with Gasteiger partial charge in [-0.3, -0.25) is 0 Å². The van der Waals surface area contributed by atoms with E-state index in [0.29, 0.717) is 51.7 Å². The van der Waals surface area contributed by atoms with Crippen molar-refractivity contribution in [1.82, 2.24) is 0 Å². The molecule has 0 aliphatic carbocycles. The summed E-state index contributed by atoms with van der Waals surface area (Å²) in [5.41, 5.74) is 0. The van der Waals surface area contributed by atoms with Crippen molar-refractivity contribution < 1.29 is 26.6 Å². The molecule has 144 valence electrons. The largest absolute Gasteiger partial charge is 0.504 e. The highest BCUT2D eigenvalue weighted by Gasteiger charge is 2.41. The van der Waals surface area contributed by atoms with E-state index >= 15 is 0 Å². The lowest BCUT2D eigenvalue weighted by Gasteiger charge is -2.28. The average Bonchev–Trinajstić information content (AvgIpc) is 2.53. The predicted molar refractivity (Wildman–Crippen MR) is 100 cm³/mol. The Balaban J connectivity index is 4.91. The van der Waals surface area contributed by atoms with Crippen molar-refractivity contribution in [1.29, 1.82) is 0 Å². The van der Waals surface area contributed by atoms with Crippen LogP contribution in [0.25, 0.3) is 0 Å². The van der Waals surface area contributed by atoms with Gasteiger partial charge in [-0.2, -0.15) is 0 Å². The molecule has 0 saturated heterocycles. The van der Waals surface area contributed by atoms with E-state index in [9.17, 15) is 0 Å². The van der Waals surface area contributed by atoms with E-state index in [2.05, 4.69) is 0 Å². The van der Waals surface area contributed by atoms with Crippen molar-refractivity contribution in [3.05, 3.63) is 12.2 Å². The molecule has 0 radical (unpaired) electrons. The molecule has 8 heteroatoms. The standard InChI is InChI=1S/C16H36O6Si2/c1-7-17-23(18-8-2,19-9-3)15-13-14-16-24(20-10-4,21-11-5)22-12-6/h13-14H,7-12,15-16H2,1-6H3/b14-13-. The Labute approximate surface area is 150 Å². The van der Waals surface area contributed by atoms with Gasteiger partial charge in [-0.25, -0.2) is 0 Å². The first-order valence-corrected chi connectivity index (χ1v) is 12.9. The maximum atomic E-state index is 5.85. The first-order valence-electron chi connectivity index (χ1n) is 9.06. The van der Waals surface area contributed by atoms with E-state index < -0.39 is 17.6 Å². The van der Waals surface area contributed by atoms with Crippen LogP contribution in [0.5, 0.6) is 0 Å². The van der Waals surface area contributed by atoms with Crippen LogP contribution in [0, 0.1) is 0 Å². The molecule has 0 heterocycles. The zero-order valence-corrected chi connectivity index (χ0v) is 18.3. The summed E-state index contributed by atoms with van der Waals surface area (Å²) in [6.07, 6.45) is 4.10. The van der Waals surface area contributed by atoms with Crippen molar-refractivity contribution in [2.24, 2.45) is 0 Å². The van der Waals surface area contributed by atoms with Crippen LogP contribution in [0.1, 0.15) is 41.5 Å². The minimum Gasteiger partial charge on any atom is -0.374 e. The fraction of sp³-hybridized carbons (Fsp3) is 0.875. The molecule has 0 bridgehead atoms. The second-order valence-electron chi connectivity index (χ2n) is 4.84. The Morgan fingerprint density at radius 1 is 0.458 bits per heavy atom. The SMILES string of the molecule is CCO[Si](C/C=C\C[Si](OCC)(OCC)OCC)(OCC)OCC. The molecule has 24 heavy (non-hydrogen) atoms. The molecule has 0 unspecified atom stereocenters. The predicted octanol–water partition coefficient (Wildman–Crippen LogP) is 3.64. The lowest BCUT2D eigenvalue weighted by Crippen LogP contribution is -2.46. The molecular formula is C16H36O6Si2. The van der Waals surface area contributed by atoms with Gasteiger partial charge in [-0.05, 0) is 41.5 Å². The van der Waals surface area contributed by atoms with E-state index in [-0.39, 0.29) is 0 Å². The van der Waals surface area contributed by atoms with E-state index in [1.165, 1.54) is 0 Å². The van der Waals surface area contributed by atoms with E-state index in [1.54, 1.807) is 0 Å². The summed E-state index contributed by atoms with van der Waals surface area (Å²) in [7, 11) is -5.28. The quantitative estimate of drug-likeness (QED) is 0.301. The Bertz CT molecular complexity index is 264. The van der Waals surface area contributed by atoms with Crippen LogP contribution < -0.4 is 0 Å². The molecule has 6 nitrogen and oxygen atoms in total. The second kappa shape index (κ2) is 14.1. The Kier molecular flexibility index (Phi) is 14.1. The van der Waals surface area contributed by atoms with E-state index in [0.717, 1.165) is 0 Å². The summed E-state index contributed by atoms with van der Waals surface area (Å²) >= 11 is 0. The Morgan fingerprint density at radius 3 is 0.833 bits per heavy atom. The van der Waals surface area contributed by atoms with Gasteiger partial charge in [0, 0.05) is 51.7 Å².